The molecule has 1 aromatic rings. The van der Waals surface area contributed by atoms with Gasteiger partial charge in [0.05, 0.1) is 0 Å². The van der Waals surface area contributed by atoms with Gasteiger partial charge in [0, 0.05) is 12.5 Å². The van der Waals surface area contributed by atoms with Gasteiger partial charge in [-0.1, -0.05) is 4.85 Å². The lowest BCUT2D eigenvalue weighted by Gasteiger charge is -1.93. The van der Waals surface area contributed by atoms with Crippen LogP contribution >= 0.6 is 0 Å². The Labute approximate surface area is 65.3 Å². The zero-order valence-corrected chi connectivity index (χ0v) is 6.29. The lowest BCUT2D eigenvalue weighted by atomic mass is 10.1. The van der Waals surface area contributed by atoms with Crippen molar-refractivity contribution in [3.05, 3.63) is 40.5 Å². The van der Waals surface area contributed by atoms with Crippen molar-refractivity contribution in [2.45, 2.75) is 13.0 Å². The van der Waals surface area contributed by atoms with E-state index in [-0.39, 0.29) is 11.9 Å². The molecule has 0 amide bonds. The molecule has 0 aliphatic carbocycles. The van der Waals surface area contributed by atoms with Crippen LogP contribution in [0.4, 0.5) is 4.39 Å². The highest BCUT2D eigenvalue weighted by atomic mass is 19.1. The summed E-state index contributed by atoms with van der Waals surface area (Å²) >= 11 is 0. The van der Waals surface area contributed by atoms with Crippen molar-refractivity contribution in [3.63, 3.8) is 0 Å². The van der Waals surface area contributed by atoms with Gasteiger partial charge < -0.3 is 0 Å². The third-order valence-corrected chi connectivity index (χ3v) is 1.58. The molecule has 11 heavy (non-hydrogen) atoms. The minimum Gasteiger partial charge on any atom is -0.207 e. The molecule has 1 aromatic carbocycles. The zero-order chi connectivity index (χ0) is 8.27. The standard InChI is InChI=1S/C9H9FN/c1-7(11-2)8-3-5-9(10)6-4-8/h2-7H,1H3/q+1. The minimum atomic E-state index is -0.238. The van der Waals surface area contributed by atoms with Gasteiger partial charge in [-0.15, -0.1) is 0 Å². The molecule has 0 radical (unpaired) electrons. The van der Waals surface area contributed by atoms with Crippen molar-refractivity contribution in [2.24, 2.45) is 0 Å². The smallest absolute Gasteiger partial charge is 0.207 e. The molecule has 0 aliphatic rings. The number of hydrogen-bond donors (Lipinski definition) is 0. The van der Waals surface area contributed by atoms with Crippen LogP contribution in [0.25, 0.3) is 4.85 Å². The third-order valence-electron chi connectivity index (χ3n) is 1.58. The molecular formula is C9H9FN+. The Morgan fingerprint density at radius 3 is 2.36 bits per heavy atom. The summed E-state index contributed by atoms with van der Waals surface area (Å²) < 4.78 is 12.4. The lowest BCUT2D eigenvalue weighted by molar-refractivity contribution is 0.626. The first-order valence-electron chi connectivity index (χ1n) is 3.39. The summed E-state index contributed by atoms with van der Waals surface area (Å²) in [6.07, 6.45) is 0. The number of nitrogens with zero attached hydrogens (tertiary/aromatic N) is 1. The van der Waals surface area contributed by atoms with Gasteiger partial charge in [0.2, 0.25) is 0 Å². The fraction of sp³-hybridized carbons (Fsp3) is 0.222. The fourth-order valence-electron chi connectivity index (χ4n) is 0.827. The quantitative estimate of drug-likeness (QED) is 0.579. The highest BCUT2D eigenvalue weighted by Crippen LogP contribution is 2.15. The first-order chi connectivity index (χ1) is 5.24. The molecule has 0 heterocycles. The molecule has 1 rings (SSSR count). The average Bonchev–Trinajstić information content (AvgIpc) is 2.05. The molecule has 56 valence electrons. The normalized spacial score (nSPS) is 12.1. The third kappa shape index (κ3) is 1.78. The molecule has 1 unspecified atom stereocenters. The van der Waals surface area contributed by atoms with E-state index in [1.165, 1.54) is 12.1 Å². The Kier molecular flexibility index (Phi) is 2.22. The number of hydrogen-bond acceptors (Lipinski definition) is 0. The van der Waals surface area contributed by atoms with Crippen LogP contribution in [-0.2, 0) is 0 Å². The summed E-state index contributed by atoms with van der Waals surface area (Å²) in [7, 11) is 0. The zero-order valence-electron chi connectivity index (χ0n) is 6.29. The van der Waals surface area contributed by atoms with E-state index >= 15 is 0 Å². The van der Waals surface area contributed by atoms with Gasteiger partial charge in [0.15, 0.2) is 0 Å². The highest BCUT2D eigenvalue weighted by Gasteiger charge is 2.10. The van der Waals surface area contributed by atoms with E-state index in [4.69, 9.17) is 6.57 Å². The Morgan fingerprint density at radius 1 is 1.36 bits per heavy atom. The maximum absolute atomic E-state index is 12.4. The van der Waals surface area contributed by atoms with Gasteiger partial charge in [-0.2, -0.15) is 0 Å². The lowest BCUT2D eigenvalue weighted by Crippen LogP contribution is -1.85. The van der Waals surface area contributed by atoms with Crippen molar-refractivity contribution in [3.8, 4) is 6.57 Å². The van der Waals surface area contributed by atoms with E-state index in [2.05, 4.69) is 4.85 Å². The molecule has 0 saturated carbocycles. The Hall–Kier alpha value is -1.36. The van der Waals surface area contributed by atoms with Crippen LogP contribution in [0.15, 0.2) is 24.3 Å². The van der Waals surface area contributed by atoms with Crippen molar-refractivity contribution < 1.29 is 4.39 Å². The largest absolute Gasteiger partial charge is 0.294 e. The summed E-state index contributed by atoms with van der Waals surface area (Å²) in [6, 6.07) is 6.09. The van der Waals surface area contributed by atoms with E-state index in [0.29, 0.717) is 0 Å². The Morgan fingerprint density at radius 2 is 1.91 bits per heavy atom. The van der Waals surface area contributed by atoms with E-state index < -0.39 is 0 Å². The average molecular weight is 150 g/mol. The van der Waals surface area contributed by atoms with Gasteiger partial charge in [0.1, 0.15) is 5.82 Å². The topological polar surface area (TPSA) is 4.36 Å². The van der Waals surface area contributed by atoms with E-state index in [1.54, 1.807) is 12.1 Å². The molecular weight excluding hydrogens is 141 g/mol. The second kappa shape index (κ2) is 3.16. The van der Waals surface area contributed by atoms with Crippen molar-refractivity contribution in [1.29, 1.82) is 0 Å². The first-order valence-corrected chi connectivity index (χ1v) is 3.39. The maximum Gasteiger partial charge on any atom is 0.294 e. The van der Waals surface area contributed by atoms with E-state index in [1.807, 2.05) is 6.92 Å². The van der Waals surface area contributed by atoms with Crippen LogP contribution in [0.1, 0.15) is 18.5 Å². The predicted octanol–water partition coefficient (Wildman–Crippen LogP) is 2.85. The SMILES string of the molecule is C#[N+]C(C)c1ccc(F)cc1. The summed E-state index contributed by atoms with van der Waals surface area (Å²) in [5.74, 6) is -0.238. The van der Waals surface area contributed by atoms with Crippen LogP contribution in [0.2, 0.25) is 0 Å². The number of benzene rings is 1. The molecule has 1 nitrogen and oxygen atoms in total. The molecule has 2 heteroatoms. The highest BCUT2D eigenvalue weighted by molar-refractivity contribution is 5.21. The summed E-state index contributed by atoms with van der Waals surface area (Å²) in [6.45, 7) is 6.93. The van der Waals surface area contributed by atoms with Gasteiger partial charge in [-0.05, 0) is 24.3 Å². The summed E-state index contributed by atoms with van der Waals surface area (Å²) in [4.78, 5) is 3.57. The maximum atomic E-state index is 12.4. The summed E-state index contributed by atoms with van der Waals surface area (Å²) in [5.41, 5.74) is 0.925. The minimum absolute atomic E-state index is 0.0596. The van der Waals surface area contributed by atoms with Crippen LogP contribution in [0.5, 0.6) is 0 Å². The molecule has 0 aliphatic heterocycles. The monoisotopic (exact) mass is 150 g/mol. The molecule has 0 bridgehead atoms. The molecule has 0 saturated heterocycles. The molecule has 0 fully saturated rings. The fourth-order valence-corrected chi connectivity index (χ4v) is 0.827. The van der Waals surface area contributed by atoms with Crippen molar-refractivity contribution in [1.82, 2.24) is 0 Å². The van der Waals surface area contributed by atoms with Gasteiger partial charge >= 0.3 is 0 Å². The van der Waals surface area contributed by atoms with Crippen LogP contribution in [-0.4, -0.2) is 0 Å². The van der Waals surface area contributed by atoms with Crippen LogP contribution in [0, 0.1) is 12.4 Å². The van der Waals surface area contributed by atoms with E-state index in [0.717, 1.165) is 5.56 Å². The number of rotatable bonds is 1. The Bertz CT molecular complexity index is 271. The molecule has 0 spiro atoms. The number of halogens is 1. The van der Waals surface area contributed by atoms with Crippen molar-refractivity contribution >= 4 is 0 Å². The Balaban J connectivity index is 2.92. The molecule has 1 atom stereocenters. The first kappa shape index (κ1) is 7.74. The predicted molar refractivity (Wildman–Crippen MR) is 43.1 cm³/mol. The molecule has 0 N–H and O–H groups in total. The van der Waals surface area contributed by atoms with Crippen LogP contribution < -0.4 is 0 Å². The van der Waals surface area contributed by atoms with Gasteiger partial charge in [-0.25, -0.2) is 4.39 Å². The second-order valence-electron chi connectivity index (χ2n) is 2.38. The van der Waals surface area contributed by atoms with Gasteiger partial charge in [0.25, 0.3) is 12.6 Å². The molecule has 0 aromatic heterocycles. The summed E-state index contributed by atoms with van der Waals surface area (Å²) in [5, 5.41) is 0. The second-order valence-corrected chi connectivity index (χ2v) is 2.38. The van der Waals surface area contributed by atoms with Crippen LogP contribution in [0.3, 0.4) is 0 Å². The van der Waals surface area contributed by atoms with Crippen molar-refractivity contribution in [2.75, 3.05) is 0 Å². The van der Waals surface area contributed by atoms with E-state index in [9.17, 15) is 4.39 Å². The van der Waals surface area contributed by atoms with Gasteiger partial charge in [-0.3, -0.25) is 0 Å².